The summed E-state index contributed by atoms with van der Waals surface area (Å²) >= 11 is 1.75. The van der Waals surface area contributed by atoms with Crippen LogP contribution in [0.3, 0.4) is 0 Å². The van der Waals surface area contributed by atoms with E-state index in [1.54, 1.807) is 22.6 Å². The fraction of sp³-hybridized carbons (Fsp3) is 0.737. The van der Waals surface area contributed by atoms with Crippen molar-refractivity contribution in [1.29, 1.82) is 0 Å². The average molecular weight is 1030 g/mol. The molecule has 0 amide bonds. The van der Waals surface area contributed by atoms with Gasteiger partial charge in [0.05, 0.1) is 0 Å². The van der Waals surface area contributed by atoms with Crippen molar-refractivity contribution in [2.45, 2.75) is 159 Å². The minimum absolute atomic E-state index is 0.563. The normalized spacial score (nSPS) is 32.3. The number of rotatable bonds is 17. The Kier molecular flexibility index (Phi) is 20.5. The number of halogens is 1. The minimum Gasteiger partial charge on any atom is -0.463 e. The van der Waals surface area contributed by atoms with Crippen molar-refractivity contribution in [2.75, 3.05) is 19.8 Å². The second-order valence-corrected chi connectivity index (χ2v) is 15.5. The molecule has 0 aromatic rings. The second kappa shape index (κ2) is 24.5. The quantitative estimate of drug-likeness (QED) is 0.0773. The highest BCUT2D eigenvalue weighted by molar-refractivity contribution is 14.1. The minimum atomic E-state index is -2.01. The van der Waals surface area contributed by atoms with Crippen molar-refractivity contribution >= 4 is 82.3 Å². The first-order valence-corrected chi connectivity index (χ1v) is 20.6. The molecule has 15 atom stereocenters. The molecule has 26 heteroatoms. The Hall–Kier alpha value is -4.77. The molecule has 3 fully saturated rings. The fourth-order valence-electron chi connectivity index (χ4n) is 6.74. The third kappa shape index (κ3) is 16.0. The van der Waals surface area contributed by atoms with Crippen molar-refractivity contribution < 1.29 is 119 Å². The van der Waals surface area contributed by atoms with Crippen LogP contribution in [-0.2, 0) is 119 Å². The number of hydrogen-bond donors (Lipinski definition) is 0. The molecule has 3 aliphatic rings. The largest absolute Gasteiger partial charge is 0.463 e. The van der Waals surface area contributed by atoms with Crippen LogP contribution in [0, 0.1) is 0 Å². The summed E-state index contributed by atoms with van der Waals surface area (Å²) in [5.41, 5.74) is 0. The van der Waals surface area contributed by atoms with Gasteiger partial charge in [0, 0.05) is 69.2 Å². The molecular formula is C38H51IO25. The maximum atomic E-state index is 13.0. The van der Waals surface area contributed by atoms with Crippen molar-refractivity contribution in [3.63, 3.8) is 0 Å². The van der Waals surface area contributed by atoms with Crippen molar-refractivity contribution in [1.82, 2.24) is 0 Å². The molecule has 3 saturated heterocycles. The molecule has 0 aromatic carbocycles. The van der Waals surface area contributed by atoms with Gasteiger partial charge in [0.1, 0.15) is 54.5 Å². The molecule has 0 saturated carbocycles. The molecule has 3 heterocycles. The standard InChI is InChI=1S/C38H51IO25/c1-14(40)50-11-24-29(30(55-19(6)45)33(36(39)60-24)57-21(8)47)63-37-35(59-23(10)49)32(28(54-18(5)44)26(61-37)13-52-16(3)42)64-38-34(58-22(9)48)31(56-20(7)46)27(53-17(4)43)25(62-38)12-51-15(2)41/h24-38H,11-13H2,1-10H3/t24?,25?,26?,27-,28-,29+,30?,31?,32?,33?,34?,35?,36-,37-,38+/m0/s1. The van der Waals surface area contributed by atoms with Gasteiger partial charge in [0.25, 0.3) is 0 Å². The smallest absolute Gasteiger partial charge is 0.303 e. The summed E-state index contributed by atoms with van der Waals surface area (Å²) in [6.45, 7) is 8.22. The lowest BCUT2D eigenvalue weighted by molar-refractivity contribution is -0.373. The molecule has 0 N–H and O–H groups in total. The number of hydrogen-bond acceptors (Lipinski definition) is 25. The lowest BCUT2D eigenvalue weighted by atomic mass is 9.95. The summed E-state index contributed by atoms with van der Waals surface area (Å²) in [4.78, 5) is 124. The topological polar surface area (TPSA) is 309 Å². The van der Waals surface area contributed by atoms with Gasteiger partial charge in [-0.2, -0.15) is 0 Å². The van der Waals surface area contributed by atoms with Crippen molar-refractivity contribution in [3.8, 4) is 0 Å². The molecule has 3 rings (SSSR count). The van der Waals surface area contributed by atoms with E-state index in [9.17, 15) is 47.9 Å². The summed E-state index contributed by atoms with van der Waals surface area (Å²) in [5, 5.41) is 0. The Morgan fingerprint density at radius 3 is 0.953 bits per heavy atom. The van der Waals surface area contributed by atoms with E-state index in [2.05, 4.69) is 0 Å². The Balaban J connectivity index is 2.33. The first kappa shape index (κ1) is 53.6. The molecule has 0 radical (unpaired) electrons. The van der Waals surface area contributed by atoms with Gasteiger partial charge in [-0.25, -0.2) is 0 Å². The predicted molar refractivity (Wildman–Crippen MR) is 209 cm³/mol. The van der Waals surface area contributed by atoms with Gasteiger partial charge in [0.15, 0.2) is 55.3 Å². The van der Waals surface area contributed by atoms with Gasteiger partial charge in [0.2, 0.25) is 0 Å². The van der Waals surface area contributed by atoms with Crippen LogP contribution in [0.15, 0.2) is 0 Å². The van der Waals surface area contributed by atoms with E-state index in [1.807, 2.05) is 0 Å². The van der Waals surface area contributed by atoms with E-state index in [0.29, 0.717) is 0 Å². The van der Waals surface area contributed by atoms with Gasteiger partial charge in [-0.05, 0) is 22.6 Å². The highest BCUT2D eigenvalue weighted by Crippen LogP contribution is 2.39. The molecule has 9 unspecified atom stereocenters. The van der Waals surface area contributed by atoms with Gasteiger partial charge in [-0.3, -0.25) is 47.9 Å². The average Bonchev–Trinajstić information content (AvgIpc) is 3.14. The third-order valence-electron chi connectivity index (χ3n) is 8.81. The molecular weight excluding hydrogens is 983 g/mol. The summed E-state index contributed by atoms with van der Waals surface area (Å²) in [6, 6.07) is 0. The first-order chi connectivity index (χ1) is 29.9. The second-order valence-electron chi connectivity index (χ2n) is 14.2. The molecule has 3 aliphatic heterocycles. The zero-order valence-corrected chi connectivity index (χ0v) is 38.5. The molecule has 0 bridgehead atoms. The molecule has 0 aromatic heterocycles. The van der Waals surface area contributed by atoms with Crippen molar-refractivity contribution in [2.24, 2.45) is 0 Å². The van der Waals surface area contributed by atoms with Crippen LogP contribution in [0.4, 0.5) is 0 Å². The van der Waals surface area contributed by atoms with Crippen LogP contribution in [0.5, 0.6) is 0 Å². The van der Waals surface area contributed by atoms with E-state index in [4.69, 9.17) is 71.1 Å². The summed E-state index contributed by atoms with van der Waals surface area (Å²) < 4.78 is 84.7. The monoisotopic (exact) mass is 1030 g/mol. The zero-order chi connectivity index (χ0) is 48.2. The van der Waals surface area contributed by atoms with Crippen LogP contribution in [0.1, 0.15) is 69.2 Å². The molecule has 0 spiro atoms. The highest BCUT2D eigenvalue weighted by Gasteiger charge is 2.60. The molecule has 25 nitrogen and oxygen atoms in total. The van der Waals surface area contributed by atoms with E-state index in [0.717, 1.165) is 69.2 Å². The van der Waals surface area contributed by atoms with Crippen molar-refractivity contribution in [3.05, 3.63) is 0 Å². The number of esters is 10. The molecule has 64 heavy (non-hydrogen) atoms. The lowest BCUT2D eigenvalue weighted by Crippen LogP contribution is -2.68. The Labute approximate surface area is 379 Å². The Morgan fingerprint density at radius 1 is 0.328 bits per heavy atom. The highest BCUT2D eigenvalue weighted by atomic mass is 127. The van der Waals surface area contributed by atoms with Crippen LogP contribution < -0.4 is 0 Å². The summed E-state index contributed by atoms with van der Waals surface area (Å²) in [5.74, 6) is -9.15. The third-order valence-corrected chi connectivity index (χ3v) is 9.81. The summed E-state index contributed by atoms with van der Waals surface area (Å²) in [6.07, 6.45) is -24.0. The zero-order valence-electron chi connectivity index (χ0n) is 36.4. The van der Waals surface area contributed by atoms with Gasteiger partial charge < -0.3 is 71.1 Å². The SMILES string of the molecule is CC(=O)OCC1O[C@H](I)C(OC(C)=O)C(OC(C)=O)[C@@H]1O[C@@H]1OC(COC(C)=O)[C@H](OC(C)=O)C(O[C@H]2OC(COC(C)=O)[C@H](OC(C)=O)C(OC(C)=O)C2OC(C)=O)C1OC(C)=O. The van der Waals surface area contributed by atoms with Crippen LogP contribution in [-0.4, -0.2) is 169 Å². The van der Waals surface area contributed by atoms with Gasteiger partial charge in [-0.15, -0.1) is 0 Å². The van der Waals surface area contributed by atoms with E-state index in [-0.39, 0.29) is 0 Å². The Bertz CT molecular complexity index is 1740. The van der Waals surface area contributed by atoms with Crippen LogP contribution in [0.25, 0.3) is 0 Å². The number of carbonyl (C=O) groups is 10. The maximum Gasteiger partial charge on any atom is 0.303 e. The lowest BCUT2D eigenvalue weighted by Gasteiger charge is -2.50. The Morgan fingerprint density at radius 2 is 0.594 bits per heavy atom. The number of alkyl halides is 1. The number of ether oxygens (including phenoxy) is 15. The van der Waals surface area contributed by atoms with E-state index >= 15 is 0 Å². The maximum absolute atomic E-state index is 13.0. The number of carbonyl (C=O) groups excluding carboxylic acids is 10. The predicted octanol–water partition coefficient (Wildman–Crippen LogP) is -0.422. The summed E-state index contributed by atoms with van der Waals surface area (Å²) in [7, 11) is 0. The fourth-order valence-corrected chi connectivity index (χ4v) is 7.67. The van der Waals surface area contributed by atoms with Crippen LogP contribution in [0.2, 0.25) is 0 Å². The van der Waals surface area contributed by atoms with E-state index in [1.165, 1.54) is 0 Å². The van der Waals surface area contributed by atoms with E-state index < -0.39 is 169 Å². The van der Waals surface area contributed by atoms with Gasteiger partial charge >= 0.3 is 59.7 Å². The van der Waals surface area contributed by atoms with Gasteiger partial charge in [-0.1, -0.05) is 0 Å². The van der Waals surface area contributed by atoms with Crippen LogP contribution >= 0.6 is 22.6 Å². The first-order valence-electron chi connectivity index (χ1n) is 19.4. The molecule has 0 aliphatic carbocycles. The molecule has 360 valence electrons.